The summed E-state index contributed by atoms with van der Waals surface area (Å²) in [4.78, 5) is 0. The molecular formula is C12H17N3O2S. The van der Waals surface area contributed by atoms with Crippen LogP contribution in [0.2, 0.25) is 0 Å². The molecule has 1 aromatic heterocycles. The van der Waals surface area contributed by atoms with Crippen LogP contribution in [0.15, 0.2) is 12.3 Å². The van der Waals surface area contributed by atoms with Crippen LogP contribution in [0.4, 0.5) is 0 Å². The van der Waals surface area contributed by atoms with Gasteiger partial charge >= 0.3 is 0 Å². The number of sulfone groups is 1. The van der Waals surface area contributed by atoms with Gasteiger partial charge in [0, 0.05) is 25.8 Å². The van der Waals surface area contributed by atoms with E-state index in [4.69, 9.17) is 5.26 Å². The Morgan fingerprint density at radius 3 is 3.00 bits per heavy atom. The Hall–Kier alpha value is -1.32. The lowest BCUT2D eigenvalue weighted by Crippen LogP contribution is -2.39. The molecule has 1 N–H and O–H groups in total. The number of aryl methyl sites for hydroxylation is 1. The molecule has 0 amide bonds. The molecule has 5 nitrogen and oxygen atoms in total. The van der Waals surface area contributed by atoms with Gasteiger partial charge in [0.25, 0.3) is 0 Å². The molecule has 1 aliphatic heterocycles. The molecule has 1 saturated heterocycles. The summed E-state index contributed by atoms with van der Waals surface area (Å²) in [6, 6.07) is 3.97. The zero-order chi connectivity index (χ0) is 13.2. The van der Waals surface area contributed by atoms with E-state index in [9.17, 15) is 8.42 Å². The van der Waals surface area contributed by atoms with Crippen LogP contribution >= 0.6 is 0 Å². The minimum atomic E-state index is -2.86. The SMILES string of the molecule is Cn1cc(CNC2CCCS(=O)(=O)C2)cc1C#N. The summed E-state index contributed by atoms with van der Waals surface area (Å²) < 4.78 is 24.8. The number of rotatable bonds is 3. The van der Waals surface area contributed by atoms with E-state index in [1.54, 1.807) is 4.57 Å². The molecule has 1 aromatic rings. The van der Waals surface area contributed by atoms with Crippen molar-refractivity contribution >= 4 is 9.84 Å². The summed E-state index contributed by atoms with van der Waals surface area (Å²) in [5, 5.41) is 12.1. The first kappa shape index (κ1) is 13.1. The molecule has 1 aliphatic rings. The fourth-order valence-corrected chi connectivity index (χ4v) is 3.96. The second-order valence-corrected chi connectivity index (χ2v) is 7.02. The van der Waals surface area contributed by atoms with Crippen LogP contribution in [0.3, 0.4) is 0 Å². The lowest BCUT2D eigenvalue weighted by Gasteiger charge is -2.22. The van der Waals surface area contributed by atoms with Crippen LogP contribution < -0.4 is 5.32 Å². The predicted octanol–water partition coefficient (Wildman–Crippen LogP) is 0.564. The third-order valence-corrected chi connectivity index (χ3v) is 5.05. The smallest absolute Gasteiger partial charge is 0.151 e. The van der Waals surface area contributed by atoms with Gasteiger partial charge in [-0.2, -0.15) is 5.26 Å². The van der Waals surface area contributed by atoms with Crippen molar-refractivity contribution in [1.29, 1.82) is 5.26 Å². The summed E-state index contributed by atoms with van der Waals surface area (Å²) in [7, 11) is -1.04. The molecule has 18 heavy (non-hydrogen) atoms. The standard InChI is InChI=1S/C12H17N3O2S/c1-15-8-10(5-12(15)6-13)7-14-11-3-2-4-18(16,17)9-11/h5,8,11,14H,2-4,7,9H2,1H3. The number of hydrogen-bond donors (Lipinski definition) is 1. The molecule has 0 saturated carbocycles. The molecule has 1 atom stereocenters. The van der Waals surface area contributed by atoms with Gasteiger partial charge in [0.2, 0.25) is 0 Å². The van der Waals surface area contributed by atoms with E-state index >= 15 is 0 Å². The summed E-state index contributed by atoms with van der Waals surface area (Å²) in [6.45, 7) is 0.607. The fraction of sp³-hybridized carbons (Fsp3) is 0.583. The van der Waals surface area contributed by atoms with E-state index in [0.717, 1.165) is 18.4 Å². The Balaban J connectivity index is 1.93. The van der Waals surface area contributed by atoms with Crippen molar-refractivity contribution in [3.8, 4) is 6.07 Å². The van der Waals surface area contributed by atoms with Gasteiger partial charge in [-0.1, -0.05) is 0 Å². The summed E-state index contributed by atoms with van der Waals surface area (Å²) in [5.74, 6) is 0.542. The number of nitriles is 1. The van der Waals surface area contributed by atoms with Crippen LogP contribution in [0.5, 0.6) is 0 Å². The van der Waals surface area contributed by atoms with Crippen LogP contribution in [0.1, 0.15) is 24.1 Å². The van der Waals surface area contributed by atoms with Gasteiger partial charge in [0.15, 0.2) is 9.84 Å². The second kappa shape index (κ2) is 5.12. The lowest BCUT2D eigenvalue weighted by molar-refractivity contribution is 0.480. The van der Waals surface area contributed by atoms with Crippen LogP contribution in [0.25, 0.3) is 0 Å². The van der Waals surface area contributed by atoms with Crippen LogP contribution in [0, 0.1) is 11.3 Å². The molecule has 0 aromatic carbocycles. The van der Waals surface area contributed by atoms with Gasteiger partial charge in [-0.3, -0.25) is 0 Å². The molecule has 2 rings (SSSR count). The van der Waals surface area contributed by atoms with E-state index in [1.165, 1.54) is 0 Å². The number of hydrogen-bond acceptors (Lipinski definition) is 4. The predicted molar refractivity (Wildman–Crippen MR) is 68.6 cm³/mol. The molecule has 1 fully saturated rings. The van der Waals surface area contributed by atoms with Crippen molar-refractivity contribution in [2.24, 2.45) is 7.05 Å². The third-order valence-electron chi connectivity index (χ3n) is 3.23. The van der Waals surface area contributed by atoms with E-state index in [1.807, 2.05) is 19.3 Å². The van der Waals surface area contributed by atoms with Crippen LogP contribution in [-0.2, 0) is 23.4 Å². The molecule has 1 unspecified atom stereocenters. The average molecular weight is 267 g/mol. The monoisotopic (exact) mass is 267 g/mol. The zero-order valence-electron chi connectivity index (χ0n) is 10.4. The largest absolute Gasteiger partial charge is 0.342 e. The molecular weight excluding hydrogens is 250 g/mol. The van der Waals surface area contributed by atoms with Crippen molar-refractivity contribution in [2.75, 3.05) is 11.5 Å². The summed E-state index contributed by atoms with van der Waals surface area (Å²) in [5.41, 5.74) is 1.63. The number of aromatic nitrogens is 1. The highest BCUT2D eigenvalue weighted by molar-refractivity contribution is 7.91. The van der Waals surface area contributed by atoms with Crippen molar-refractivity contribution in [3.05, 3.63) is 23.5 Å². The minimum Gasteiger partial charge on any atom is -0.342 e. The maximum atomic E-state index is 11.5. The van der Waals surface area contributed by atoms with Gasteiger partial charge in [0.05, 0.1) is 11.5 Å². The van der Waals surface area contributed by atoms with Gasteiger partial charge in [-0.25, -0.2) is 8.42 Å². The molecule has 2 heterocycles. The normalized spacial score (nSPS) is 22.6. The molecule has 0 spiro atoms. The van der Waals surface area contributed by atoms with E-state index < -0.39 is 9.84 Å². The first-order chi connectivity index (χ1) is 8.50. The van der Waals surface area contributed by atoms with Gasteiger partial charge < -0.3 is 9.88 Å². The van der Waals surface area contributed by atoms with Crippen molar-refractivity contribution in [3.63, 3.8) is 0 Å². The van der Waals surface area contributed by atoms with Crippen molar-refractivity contribution < 1.29 is 8.42 Å². The molecule has 0 radical (unpaired) electrons. The van der Waals surface area contributed by atoms with Gasteiger partial charge in [-0.15, -0.1) is 0 Å². The van der Waals surface area contributed by atoms with E-state index in [-0.39, 0.29) is 11.8 Å². The maximum Gasteiger partial charge on any atom is 0.151 e. The molecule has 0 bridgehead atoms. The van der Waals surface area contributed by atoms with E-state index in [2.05, 4.69) is 11.4 Å². The highest BCUT2D eigenvalue weighted by Crippen LogP contribution is 2.13. The average Bonchev–Trinajstić information content (AvgIpc) is 2.66. The second-order valence-electron chi connectivity index (χ2n) is 4.79. The van der Waals surface area contributed by atoms with E-state index in [0.29, 0.717) is 18.0 Å². The van der Waals surface area contributed by atoms with Gasteiger partial charge in [0.1, 0.15) is 11.8 Å². The Kier molecular flexibility index (Phi) is 3.73. The maximum absolute atomic E-state index is 11.5. The summed E-state index contributed by atoms with van der Waals surface area (Å²) >= 11 is 0. The highest BCUT2D eigenvalue weighted by atomic mass is 32.2. The van der Waals surface area contributed by atoms with Crippen molar-refractivity contribution in [2.45, 2.75) is 25.4 Å². The van der Waals surface area contributed by atoms with Gasteiger partial charge in [-0.05, 0) is 24.5 Å². The highest BCUT2D eigenvalue weighted by Gasteiger charge is 2.24. The molecule has 98 valence electrons. The Morgan fingerprint density at radius 2 is 2.39 bits per heavy atom. The third kappa shape index (κ3) is 3.12. The number of nitrogens with one attached hydrogen (secondary N) is 1. The molecule has 6 heteroatoms. The Labute approximate surface area is 107 Å². The molecule has 0 aliphatic carbocycles. The lowest BCUT2D eigenvalue weighted by atomic mass is 10.2. The quantitative estimate of drug-likeness (QED) is 0.868. The topological polar surface area (TPSA) is 74.9 Å². The summed E-state index contributed by atoms with van der Waals surface area (Å²) in [6.07, 6.45) is 3.53. The fourth-order valence-electron chi connectivity index (χ4n) is 2.29. The first-order valence-corrected chi connectivity index (χ1v) is 7.81. The number of nitrogens with zero attached hydrogens (tertiary/aromatic N) is 2. The minimum absolute atomic E-state index is 0.0366. The van der Waals surface area contributed by atoms with Crippen LogP contribution in [-0.4, -0.2) is 30.5 Å². The Morgan fingerprint density at radius 1 is 1.61 bits per heavy atom. The van der Waals surface area contributed by atoms with Crippen molar-refractivity contribution in [1.82, 2.24) is 9.88 Å². The zero-order valence-corrected chi connectivity index (χ0v) is 11.2. The first-order valence-electron chi connectivity index (χ1n) is 5.99. The Bertz CT molecular complexity index is 569.